The van der Waals surface area contributed by atoms with E-state index in [-0.39, 0.29) is 12.3 Å². The molecule has 0 fully saturated rings. The maximum absolute atomic E-state index is 12.5. The molecule has 146 valence electrons. The first-order valence-corrected chi connectivity index (χ1v) is 9.24. The van der Waals surface area contributed by atoms with E-state index in [9.17, 15) is 4.79 Å². The van der Waals surface area contributed by atoms with Crippen LogP contribution in [0.4, 0.5) is 11.5 Å². The molecule has 1 heterocycles. The predicted molar refractivity (Wildman–Crippen MR) is 112 cm³/mol. The average Bonchev–Trinajstić information content (AvgIpc) is 3.09. The summed E-state index contributed by atoms with van der Waals surface area (Å²) in [6.45, 7) is 0.566. The number of aromatic nitrogens is 2. The molecule has 7 heteroatoms. The van der Waals surface area contributed by atoms with E-state index < -0.39 is 0 Å². The summed E-state index contributed by atoms with van der Waals surface area (Å²) in [4.78, 5) is 14.6. The van der Waals surface area contributed by atoms with E-state index in [4.69, 9.17) is 16.3 Å². The van der Waals surface area contributed by atoms with Gasteiger partial charge in [-0.3, -0.25) is 4.79 Å². The highest BCUT2D eigenvalue weighted by atomic mass is 35.5. The van der Waals surface area contributed by atoms with Gasteiger partial charge in [0.15, 0.2) is 0 Å². The van der Waals surface area contributed by atoms with Crippen LogP contribution in [0.1, 0.15) is 11.1 Å². The van der Waals surface area contributed by atoms with Gasteiger partial charge in [-0.15, -0.1) is 0 Å². The third kappa shape index (κ3) is 4.84. The molecule has 1 aromatic heterocycles. The van der Waals surface area contributed by atoms with Gasteiger partial charge in [0.1, 0.15) is 11.6 Å². The van der Waals surface area contributed by atoms with Crippen molar-refractivity contribution < 1.29 is 9.53 Å². The lowest BCUT2D eigenvalue weighted by atomic mass is 10.1. The molecular weight excluding hydrogens is 376 g/mol. The molecule has 0 aliphatic rings. The number of carbonyl (C=O) groups excluding carboxylic acids is 1. The number of amides is 1. The Kier molecular flexibility index (Phi) is 6.21. The van der Waals surface area contributed by atoms with Crippen molar-refractivity contribution in [3.8, 4) is 5.75 Å². The van der Waals surface area contributed by atoms with Crippen molar-refractivity contribution in [2.24, 2.45) is 0 Å². The fourth-order valence-corrected chi connectivity index (χ4v) is 3.08. The molecular formula is C21H23ClN4O2. The van der Waals surface area contributed by atoms with Crippen molar-refractivity contribution >= 4 is 29.0 Å². The summed E-state index contributed by atoms with van der Waals surface area (Å²) >= 11 is 6.04. The summed E-state index contributed by atoms with van der Waals surface area (Å²) in [6, 6.07) is 15.2. The van der Waals surface area contributed by atoms with Gasteiger partial charge >= 0.3 is 0 Å². The summed E-state index contributed by atoms with van der Waals surface area (Å²) in [6.07, 6.45) is 1.83. The average molecular weight is 399 g/mol. The van der Waals surface area contributed by atoms with E-state index >= 15 is 0 Å². The fourth-order valence-electron chi connectivity index (χ4n) is 2.88. The number of rotatable bonds is 7. The number of nitrogens with zero attached hydrogens (tertiary/aromatic N) is 3. The minimum atomic E-state index is -0.162. The number of hydrogen-bond donors (Lipinski definition) is 1. The summed E-state index contributed by atoms with van der Waals surface area (Å²) in [7, 11) is 5.58. The van der Waals surface area contributed by atoms with Crippen LogP contribution in [0.25, 0.3) is 0 Å². The van der Waals surface area contributed by atoms with Crippen molar-refractivity contribution in [2.75, 3.05) is 31.4 Å². The van der Waals surface area contributed by atoms with E-state index in [0.29, 0.717) is 23.1 Å². The summed E-state index contributed by atoms with van der Waals surface area (Å²) in [5.74, 6) is 1.11. The second kappa shape index (κ2) is 8.80. The fraction of sp³-hybridized carbons (Fsp3) is 0.238. The predicted octanol–water partition coefficient (Wildman–Crippen LogP) is 3.84. The molecule has 0 unspecified atom stereocenters. The largest absolute Gasteiger partial charge is 0.496 e. The van der Waals surface area contributed by atoms with Gasteiger partial charge in [0.05, 0.1) is 26.3 Å². The Bertz CT molecular complexity index is 951. The molecule has 0 spiro atoms. The molecule has 0 aliphatic heterocycles. The standard InChI is InChI=1S/C21H23ClN4O2/c1-25(2)18-7-4-15(5-8-18)14-26-20(10-11-23-26)24-21(27)13-16-12-17(22)6-9-19(16)28-3/h4-12H,13-14H2,1-3H3,(H,24,27). The van der Waals surface area contributed by atoms with Gasteiger partial charge in [-0.05, 0) is 35.9 Å². The summed E-state index contributed by atoms with van der Waals surface area (Å²) < 4.78 is 7.07. The normalized spacial score (nSPS) is 10.6. The van der Waals surface area contributed by atoms with Crippen LogP contribution >= 0.6 is 11.6 Å². The minimum Gasteiger partial charge on any atom is -0.496 e. The molecule has 1 amide bonds. The van der Waals surface area contributed by atoms with Gasteiger partial charge < -0.3 is 15.0 Å². The first-order chi connectivity index (χ1) is 13.5. The molecule has 0 saturated carbocycles. The Morgan fingerprint density at radius 3 is 2.61 bits per heavy atom. The number of ether oxygens (including phenoxy) is 1. The molecule has 28 heavy (non-hydrogen) atoms. The highest BCUT2D eigenvalue weighted by Crippen LogP contribution is 2.23. The van der Waals surface area contributed by atoms with Crippen LogP contribution in [-0.2, 0) is 17.8 Å². The van der Waals surface area contributed by atoms with Gasteiger partial charge in [-0.1, -0.05) is 23.7 Å². The van der Waals surface area contributed by atoms with E-state index in [1.165, 1.54) is 0 Å². The van der Waals surface area contributed by atoms with Crippen LogP contribution < -0.4 is 15.0 Å². The highest BCUT2D eigenvalue weighted by Gasteiger charge is 2.12. The van der Waals surface area contributed by atoms with Gasteiger partial charge in [0, 0.05) is 36.4 Å². The van der Waals surface area contributed by atoms with Gasteiger partial charge in [0.2, 0.25) is 5.91 Å². The van der Waals surface area contributed by atoms with E-state index in [1.807, 2.05) is 19.0 Å². The van der Waals surface area contributed by atoms with Crippen LogP contribution in [0.3, 0.4) is 0 Å². The monoisotopic (exact) mass is 398 g/mol. The molecule has 3 aromatic rings. The Morgan fingerprint density at radius 2 is 1.93 bits per heavy atom. The molecule has 6 nitrogen and oxygen atoms in total. The first kappa shape index (κ1) is 19.8. The van der Waals surface area contributed by atoms with Crippen molar-refractivity contribution in [1.82, 2.24) is 9.78 Å². The Labute approximate surface area is 169 Å². The van der Waals surface area contributed by atoms with Crippen molar-refractivity contribution in [3.63, 3.8) is 0 Å². The Hall–Kier alpha value is -2.99. The molecule has 0 aliphatic carbocycles. The Balaban J connectivity index is 1.68. The number of benzene rings is 2. The number of anilines is 2. The molecule has 0 saturated heterocycles. The smallest absolute Gasteiger partial charge is 0.230 e. The quantitative estimate of drug-likeness (QED) is 0.656. The molecule has 0 bridgehead atoms. The second-order valence-electron chi connectivity index (χ2n) is 6.62. The Morgan fingerprint density at radius 1 is 1.18 bits per heavy atom. The van der Waals surface area contributed by atoms with Gasteiger partial charge in [0.25, 0.3) is 0 Å². The summed E-state index contributed by atoms with van der Waals surface area (Å²) in [5, 5.41) is 7.80. The van der Waals surface area contributed by atoms with Crippen LogP contribution in [0.5, 0.6) is 5.75 Å². The third-order valence-corrected chi connectivity index (χ3v) is 4.60. The molecule has 2 aromatic carbocycles. The number of hydrogen-bond acceptors (Lipinski definition) is 4. The van der Waals surface area contributed by atoms with E-state index in [1.54, 1.807) is 42.3 Å². The highest BCUT2D eigenvalue weighted by molar-refractivity contribution is 6.30. The zero-order chi connectivity index (χ0) is 20.1. The lowest BCUT2D eigenvalue weighted by Crippen LogP contribution is -2.18. The van der Waals surface area contributed by atoms with E-state index in [2.05, 4.69) is 34.7 Å². The van der Waals surface area contributed by atoms with Crippen molar-refractivity contribution in [2.45, 2.75) is 13.0 Å². The molecule has 3 rings (SSSR count). The maximum atomic E-state index is 12.5. The minimum absolute atomic E-state index is 0.159. The van der Waals surface area contributed by atoms with Gasteiger partial charge in [-0.25, -0.2) is 4.68 Å². The molecule has 1 N–H and O–H groups in total. The van der Waals surface area contributed by atoms with Gasteiger partial charge in [-0.2, -0.15) is 5.10 Å². The second-order valence-corrected chi connectivity index (χ2v) is 7.05. The number of nitrogens with one attached hydrogen (secondary N) is 1. The van der Waals surface area contributed by atoms with Crippen LogP contribution in [0.15, 0.2) is 54.7 Å². The first-order valence-electron chi connectivity index (χ1n) is 8.86. The lowest BCUT2D eigenvalue weighted by Gasteiger charge is -2.14. The lowest BCUT2D eigenvalue weighted by molar-refractivity contribution is -0.115. The number of methoxy groups -OCH3 is 1. The topological polar surface area (TPSA) is 59.4 Å². The van der Waals surface area contributed by atoms with Crippen molar-refractivity contribution in [1.29, 1.82) is 0 Å². The van der Waals surface area contributed by atoms with Crippen LogP contribution in [-0.4, -0.2) is 36.9 Å². The number of halogens is 1. The summed E-state index contributed by atoms with van der Waals surface area (Å²) in [5.41, 5.74) is 2.97. The maximum Gasteiger partial charge on any atom is 0.230 e. The number of carbonyl (C=O) groups is 1. The van der Waals surface area contributed by atoms with E-state index in [0.717, 1.165) is 16.8 Å². The zero-order valence-electron chi connectivity index (χ0n) is 16.1. The molecule has 0 radical (unpaired) electrons. The zero-order valence-corrected chi connectivity index (χ0v) is 16.9. The van der Waals surface area contributed by atoms with Crippen LogP contribution in [0.2, 0.25) is 5.02 Å². The van der Waals surface area contributed by atoms with Crippen molar-refractivity contribution in [3.05, 3.63) is 70.9 Å². The molecule has 0 atom stereocenters. The third-order valence-electron chi connectivity index (χ3n) is 4.36. The SMILES string of the molecule is COc1ccc(Cl)cc1CC(=O)Nc1ccnn1Cc1ccc(N(C)C)cc1. The van der Waals surface area contributed by atoms with Crippen LogP contribution in [0, 0.1) is 0 Å².